The molecule has 13 nitrogen and oxygen atoms in total. The van der Waals surface area contributed by atoms with E-state index in [1.54, 1.807) is 0 Å². The molecule has 0 aliphatic carbocycles. The van der Waals surface area contributed by atoms with Gasteiger partial charge >= 0.3 is 0 Å². The highest BCUT2D eigenvalue weighted by Gasteiger charge is 2.58. The number of hydrogen-bond donors (Lipinski definition) is 4. The fourth-order valence-corrected chi connectivity index (χ4v) is 7.24. The monoisotopic (exact) mass is 669 g/mol. The van der Waals surface area contributed by atoms with Crippen molar-refractivity contribution in [1.82, 2.24) is 0 Å². The molecule has 2 saturated heterocycles. The molecule has 1 aromatic carbocycles. The maximum Gasteiger partial charge on any atom is 0.297 e. The lowest BCUT2D eigenvalue weighted by Gasteiger charge is -2.43. The molecule has 0 saturated carbocycles. The van der Waals surface area contributed by atoms with Gasteiger partial charge in [0.1, 0.15) is 35.4 Å². The summed E-state index contributed by atoms with van der Waals surface area (Å²) >= 11 is 12.4. The van der Waals surface area contributed by atoms with E-state index in [1.165, 1.54) is 0 Å². The Balaban J connectivity index is 1.88. The molecular formula is C27H41Cl2N3O10S. The average molecular weight is 671 g/mol. The molecule has 2 aliphatic rings. The van der Waals surface area contributed by atoms with Crippen molar-refractivity contribution in [3.8, 4) is 0 Å². The molecule has 1 unspecified atom stereocenters. The third-order valence-electron chi connectivity index (χ3n) is 7.67. The lowest BCUT2D eigenvalue weighted by Crippen LogP contribution is -2.61. The first-order valence-electron chi connectivity index (χ1n) is 14.0. The Morgan fingerprint density at radius 1 is 1.00 bits per heavy atom. The Hall–Kier alpha value is -1.26. The van der Waals surface area contributed by atoms with Crippen LogP contribution in [0.5, 0.6) is 0 Å². The third-order valence-corrected chi connectivity index (χ3v) is 10.00. The van der Waals surface area contributed by atoms with Gasteiger partial charge in [0.15, 0.2) is 6.29 Å². The van der Waals surface area contributed by atoms with Gasteiger partial charge in [-0.1, -0.05) is 58.8 Å². The van der Waals surface area contributed by atoms with Crippen LogP contribution >= 0.6 is 23.2 Å². The molecule has 9 atom stereocenters. The Morgan fingerprint density at radius 2 is 1.58 bits per heavy atom. The fraction of sp³-hybridized carbons (Fsp3) is 0.778. The molecule has 0 radical (unpaired) electrons. The highest BCUT2D eigenvalue weighted by Crippen LogP contribution is 2.39. The SMILES string of the molecule is CC(C)c1cc(C(C)C)c(S(=O)(=O)OCC2O[C@H](O[C@]3(CCl)O[C@H](CN=[N+]=[N-])[C@@H](O)[C@@H]3O)[C@H](O)[C@@H](O)[C@H]2Cl)c(C(C)C)c1. The predicted molar refractivity (Wildman–Crippen MR) is 158 cm³/mol. The maximum absolute atomic E-state index is 13.7. The first-order chi connectivity index (χ1) is 20.0. The van der Waals surface area contributed by atoms with Gasteiger partial charge in [-0.15, -0.1) is 23.2 Å². The second kappa shape index (κ2) is 14.4. The minimum absolute atomic E-state index is 0.0563. The van der Waals surface area contributed by atoms with Crippen molar-refractivity contribution >= 4 is 33.3 Å². The predicted octanol–water partition coefficient (Wildman–Crippen LogP) is 3.20. The van der Waals surface area contributed by atoms with Gasteiger partial charge in [-0.2, -0.15) is 8.42 Å². The first-order valence-corrected chi connectivity index (χ1v) is 16.4. The molecule has 2 heterocycles. The standard InChI is InChI=1S/C27H41Cl2N3O10S/c1-12(2)15-7-16(13(3)4)24(17(8-15)14(5)6)43(37,38)39-10-19-20(29)22(34)23(35)26(40-19)42-27(11-28)25(36)21(33)18(41-27)9-31-32-30/h7-8,12-14,18-23,25-26,33-36H,9-11H2,1-6H3/t18-,19?,20+,21-,22+,23-,25+,26-,27+/m1/s1. The van der Waals surface area contributed by atoms with Crippen LogP contribution in [0.4, 0.5) is 0 Å². The van der Waals surface area contributed by atoms with Crippen molar-refractivity contribution in [1.29, 1.82) is 0 Å². The van der Waals surface area contributed by atoms with Gasteiger partial charge < -0.3 is 34.6 Å². The van der Waals surface area contributed by atoms with Crippen molar-refractivity contribution in [3.63, 3.8) is 0 Å². The quantitative estimate of drug-likeness (QED) is 0.0842. The second-order valence-corrected chi connectivity index (χ2v) is 14.1. The van der Waals surface area contributed by atoms with Crippen LogP contribution < -0.4 is 0 Å². The van der Waals surface area contributed by atoms with E-state index < -0.39 is 76.7 Å². The number of aliphatic hydroxyl groups is 4. The summed E-state index contributed by atoms with van der Waals surface area (Å²) in [5.41, 5.74) is 10.8. The fourth-order valence-electron chi connectivity index (χ4n) is 5.08. The molecule has 2 aliphatic heterocycles. The molecule has 3 rings (SSSR count). The second-order valence-electron chi connectivity index (χ2n) is 11.8. The van der Waals surface area contributed by atoms with Gasteiger partial charge in [0.2, 0.25) is 5.79 Å². The van der Waals surface area contributed by atoms with Crippen LogP contribution in [0.3, 0.4) is 0 Å². The van der Waals surface area contributed by atoms with Crippen molar-refractivity contribution in [2.45, 2.75) is 118 Å². The van der Waals surface area contributed by atoms with Gasteiger partial charge in [0.25, 0.3) is 10.1 Å². The molecule has 0 aromatic heterocycles. The molecule has 1 aromatic rings. The number of nitrogens with zero attached hydrogens (tertiary/aromatic N) is 3. The number of ether oxygens (including phenoxy) is 3. The number of halogens is 2. The molecule has 0 bridgehead atoms. The summed E-state index contributed by atoms with van der Waals surface area (Å²) in [7, 11) is -4.38. The number of benzene rings is 1. The van der Waals surface area contributed by atoms with E-state index in [9.17, 15) is 28.8 Å². The van der Waals surface area contributed by atoms with Crippen LogP contribution in [0.15, 0.2) is 22.1 Å². The zero-order valence-corrected chi connectivity index (χ0v) is 27.2. The number of rotatable bonds is 12. The summed E-state index contributed by atoms with van der Waals surface area (Å²) in [5, 5.41) is 44.4. The van der Waals surface area contributed by atoms with Gasteiger partial charge in [0.05, 0.1) is 30.5 Å². The number of hydrogen-bond acceptors (Lipinski definition) is 11. The van der Waals surface area contributed by atoms with Gasteiger partial charge in [-0.05, 0) is 40.0 Å². The molecule has 0 spiro atoms. The minimum atomic E-state index is -4.38. The number of aliphatic hydroxyl groups excluding tert-OH is 4. The molecule has 0 amide bonds. The lowest BCUT2D eigenvalue weighted by molar-refractivity contribution is -0.357. The molecule has 43 heavy (non-hydrogen) atoms. The number of alkyl halides is 2. The van der Waals surface area contributed by atoms with E-state index in [4.69, 9.17) is 47.1 Å². The summed E-state index contributed by atoms with van der Waals surface area (Å²) in [4.78, 5) is 2.65. The topological polar surface area (TPSA) is 201 Å². The minimum Gasteiger partial charge on any atom is -0.389 e. The Bertz CT molecular complexity index is 1250. The Morgan fingerprint density at radius 3 is 2.07 bits per heavy atom. The van der Waals surface area contributed by atoms with Crippen LogP contribution in [-0.4, -0.2) is 102 Å². The normalized spacial score (nSPS) is 33.4. The van der Waals surface area contributed by atoms with Crippen LogP contribution in [0.1, 0.15) is 76.0 Å². The van der Waals surface area contributed by atoms with E-state index in [1.807, 2.05) is 53.7 Å². The van der Waals surface area contributed by atoms with E-state index in [0.717, 1.165) is 5.56 Å². The smallest absolute Gasteiger partial charge is 0.297 e. The molecule has 2 fully saturated rings. The summed E-state index contributed by atoms with van der Waals surface area (Å²) in [6, 6.07) is 3.73. The summed E-state index contributed by atoms with van der Waals surface area (Å²) in [6.45, 7) is 10.6. The zero-order chi connectivity index (χ0) is 32.4. The summed E-state index contributed by atoms with van der Waals surface area (Å²) < 4.78 is 50.0. The molecule has 244 valence electrons. The largest absolute Gasteiger partial charge is 0.389 e. The summed E-state index contributed by atoms with van der Waals surface area (Å²) in [6.07, 6.45) is -11.1. The van der Waals surface area contributed by atoms with E-state index in [-0.39, 0.29) is 29.2 Å². The van der Waals surface area contributed by atoms with Crippen LogP contribution in [0.25, 0.3) is 10.4 Å². The van der Waals surface area contributed by atoms with Gasteiger partial charge in [-0.3, -0.25) is 4.18 Å². The Labute approximate surface area is 261 Å². The van der Waals surface area contributed by atoms with Crippen LogP contribution in [-0.2, 0) is 28.5 Å². The van der Waals surface area contributed by atoms with E-state index >= 15 is 0 Å². The van der Waals surface area contributed by atoms with Crippen LogP contribution in [0, 0.1) is 0 Å². The zero-order valence-electron chi connectivity index (χ0n) is 24.9. The van der Waals surface area contributed by atoms with Gasteiger partial charge in [0, 0.05) is 4.91 Å². The molecule has 4 N–H and O–H groups in total. The van der Waals surface area contributed by atoms with E-state index in [2.05, 4.69) is 10.0 Å². The van der Waals surface area contributed by atoms with Crippen molar-refractivity contribution in [2.75, 3.05) is 19.0 Å². The highest BCUT2D eigenvalue weighted by molar-refractivity contribution is 7.86. The van der Waals surface area contributed by atoms with Crippen molar-refractivity contribution in [2.24, 2.45) is 5.11 Å². The third kappa shape index (κ3) is 7.59. The highest BCUT2D eigenvalue weighted by atomic mass is 35.5. The molecular weight excluding hydrogens is 629 g/mol. The van der Waals surface area contributed by atoms with Crippen molar-refractivity contribution < 1.29 is 47.2 Å². The number of azide groups is 1. The average Bonchev–Trinajstić information content (AvgIpc) is 3.19. The maximum atomic E-state index is 13.7. The lowest BCUT2D eigenvalue weighted by atomic mass is 9.89. The Kier molecular flexibility index (Phi) is 12.2. The van der Waals surface area contributed by atoms with E-state index in [0.29, 0.717) is 11.1 Å². The molecule has 16 heteroatoms. The van der Waals surface area contributed by atoms with Gasteiger partial charge in [-0.25, -0.2) is 0 Å². The van der Waals surface area contributed by atoms with Crippen LogP contribution in [0.2, 0.25) is 0 Å². The summed E-state index contributed by atoms with van der Waals surface area (Å²) in [5.74, 6) is -2.83. The van der Waals surface area contributed by atoms with Crippen molar-refractivity contribution in [3.05, 3.63) is 39.3 Å². The first kappa shape index (κ1) is 36.2.